The molecule has 9 heavy (non-hydrogen) atoms. The predicted molar refractivity (Wildman–Crippen MR) is 38.0 cm³/mol. The van der Waals surface area contributed by atoms with Gasteiger partial charge in [-0.05, 0) is 30.1 Å². The summed E-state index contributed by atoms with van der Waals surface area (Å²) in [5, 5.41) is 0. The first-order valence-corrected chi connectivity index (χ1v) is 3.88. The maximum absolute atomic E-state index is 5.78. The van der Waals surface area contributed by atoms with E-state index >= 15 is 0 Å². The van der Waals surface area contributed by atoms with Crippen molar-refractivity contribution in [2.24, 2.45) is 23.0 Å². The molecule has 0 heterocycles. The van der Waals surface area contributed by atoms with E-state index in [-0.39, 0.29) is 0 Å². The van der Waals surface area contributed by atoms with Crippen molar-refractivity contribution in [1.82, 2.24) is 0 Å². The lowest BCUT2D eigenvalue weighted by molar-refractivity contribution is 0.432. The molecule has 0 aromatic carbocycles. The minimum Gasteiger partial charge on any atom is -0.328 e. The van der Waals surface area contributed by atoms with Gasteiger partial charge in [-0.1, -0.05) is 13.8 Å². The van der Waals surface area contributed by atoms with E-state index in [4.69, 9.17) is 5.73 Å². The highest BCUT2D eigenvalue weighted by atomic mass is 14.8. The Morgan fingerprint density at radius 3 is 2.00 bits per heavy atom. The van der Waals surface area contributed by atoms with E-state index in [2.05, 4.69) is 13.8 Å². The molecule has 2 saturated carbocycles. The van der Waals surface area contributed by atoms with E-state index in [0.717, 1.165) is 11.8 Å². The molecule has 0 aromatic heterocycles. The number of hydrogen-bond acceptors (Lipinski definition) is 1. The second-order valence-corrected chi connectivity index (χ2v) is 4.27. The third-order valence-electron chi connectivity index (χ3n) is 3.40. The summed E-state index contributed by atoms with van der Waals surface area (Å²) in [5.41, 5.74) is 6.44. The van der Waals surface area contributed by atoms with Crippen molar-refractivity contribution in [2.45, 2.75) is 32.7 Å². The van der Waals surface area contributed by atoms with Crippen LogP contribution in [0.2, 0.25) is 0 Å². The summed E-state index contributed by atoms with van der Waals surface area (Å²) in [5.74, 6) is 1.96. The molecule has 0 radical (unpaired) electrons. The largest absolute Gasteiger partial charge is 0.328 e. The maximum atomic E-state index is 5.78. The van der Waals surface area contributed by atoms with E-state index in [1.54, 1.807) is 0 Å². The molecule has 0 saturated heterocycles. The van der Waals surface area contributed by atoms with Gasteiger partial charge in [-0.3, -0.25) is 0 Å². The van der Waals surface area contributed by atoms with Crippen molar-refractivity contribution in [1.29, 1.82) is 0 Å². The van der Waals surface area contributed by atoms with Gasteiger partial charge in [0.05, 0.1) is 0 Å². The molecule has 2 unspecified atom stereocenters. The standard InChI is InChI=1S/C8H15N/c1-8(2)6-3-5(9)4-7(6)8/h5-7H,3-4,9H2,1-2H3. The molecule has 2 rings (SSSR count). The zero-order valence-corrected chi connectivity index (χ0v) is 6.22. The van der Waals surface area contributed by atoms with Gasteiger partial charge in [-0.25, -0.2) is 0 Å². The maximum Gasteiger partial charge on any atom is 0.00447 e. The molecule has 0 aliphatic heterocycles. The summed E-state index contributed by atoms with van der Waals surface area (Å²) in [6, 6.07) is 0.535. The SMILES string of the molecule is CC1(C)C2CC(N)CC21. The lowest BCUT2D eigenvalue weighted by atomic mass is 9.98. The smallest absolute Gasteiger partial charge is 0.00447 e. The van der Waals surface area contributed by atoms with Gasteiger partial charge in [0, 0.05) is 6.04 Å². The Balaban J connectivity index is 2.06. The fourth-order valence-electron chi connectivity index (χ4n) is 2.54. The Bertz CT molecular complexity index is 126. The molecule has 1 heteroatoms. The topological polar surface area (TPSA) is 26.0 Å². The van der Waals surface area contributed by atoms with Gasteiger partial charge in [0.1, 0.15) is 0 Å². The van der Waals surface area contributed by atoms with Crippen molar-refractivity contribution >= 4 is 0 Å². The monoisotopic (exact) mass is 125 g/mol. The van der Waals surface area contributed by atoms with E-state index in [1.165, 1.54) is 12.8 Å². The quantitative estimate of drug-likeness (QED) is 0.520. The van der Waals surface area contributed by atoms with Crippen LogP contribution in [0.15, 0.2) is 0 Å². The summed E-state index contributed by atoms with van der Waals surface area (Å²) in [7, 11) is 0. The molecule has 0 aromatic rings. The Hall–Kier alpha value is -0.0400. The summed E-state index contributed by atoms with van der Waals surface area (Å²) < 4.78 is 0. The van der Waals surface area contributed by atoms with E-state index < -0.39 is 0 Å². The van der Waals surface area contributed by atoms with Crippen LogP contribution in [0.3, 0.4) is 0 Å². The molecule has 52 valence electrons. The lowest BCUT2D eigenvalue weighted by Gasteiger charge is -2.11. The van der Waals surface area contributed by atoms with Gasteiger partial charge in [0.2, 0.25) is 0 Å². The summed E-state index contributed by atoms with van der Waals surface area (Å²) in [6.45, 7) is 4.74. The Kier molecular flexibility index (Phi) is 0.852. The fraction of sp³-hybridized carbons (Fsp3) is 1.00. The minimum atomic E-state index is 0.535. The number of rotatable bonds is 0. The van der Waals surface area contributed by atoms with Crippen molar-refractivity contribution in [3.63, 3.8) is 0 Å². The molecule has 1 nitrogen and oxygen atoms in total. The van der Waals surface area contributed by atoms with E-state index in [0.29, 0.717) is 11.5 Å². The highest BCUT2D eigenvalue weighted by Crippen LogP contribution is 2.66. The van der Waals surface area contributed by atoms with Crippen LogP contribution >= 0.6 is 0 Å². The molecule has 0 spiro atoms. The molecular formula is C8H15N. The molecule has 2 atom stereocenters. The van der Waals surface area contributed by atoms with Crippen LogP contribution in [0.1, 0.15) is 26.7 Å². The Labute approximate surface area is 56.6 Å². The summed E-state index contributed by atoms with van der Waals surface area (Å²) in [4.78, 5) is 0. The van der Waals surface area contributed by atoms with Gasteiger partial charge in [-0.2, -0.15) is 0 Å². The Morgan fingerprint density at radius 1 is 1.22 bits per heavy atom. The Morgan fingerprint density at radius 2 is 1.67 bits per heavy atom. The van der Waals surface area contributed by atoms with Crippen molar-refractivity contribution in [3.05, 3.63) is 0 Å². The van der Waals surface area contributed by atoms with Crippen LogP contribution < -0.4 is 5.73 Å². The average molecular weight is 125 g/mol. The normalized spacial score (nSPS) is 53.0. The lowest BCUT2D eigenvalue weighted by Crippen LogP contribution is -2.19. The van der Waals surface area contributed by atoms with Crippen LogP contribution in [-0.4, -0.2) is 6.04 Å². The fourth-order valence-corrected chi connectivity index (χ4v) is 2.54. The minimum absolute atomic E-state index is 0.535. The first-order chi connectivity index (χ1) is 4.12. The molecule has 2 aliphatic carbocycles. The zero-order valence-electron chi connectivity index (χ0n) is 6.22. The van der Waals surface area contributed by atoms with Crippen molar-refractivity contribution in [3.8, 4) is 0 Å². The van der Waals surface area contributed by atoms with Crippen molar-refractivity contribution < 1.29 is 0 Å². The summed E-state index contributed by atoms with van der Waals surface area (Å²) >= 11 is 0. The molecule has 0 bridgehead atoms. The van der Waals surface area contributed by atoms with Crippen LogP contribution in [0.25, 0.3) is 0 Å². The summed E-state index contributed by atoms with van der Waals surface area (Å²) in [6.07, 6.45) is 2.58. The van der Waals surface area contributed by atoms with Crippen LogP contribution in [0.5, 0.6) is 0 Å². The average Bonchev–Trinajstić information content (AvgIpc) is 2.27. The molecule has 0 amide bonds. The zero-order chi connectivity index (χ0) is 6.65. The molecule has 2 N–H and O–H groups in total. The number of hydrogen-bond donors (Lipinski definition) is 1. The highest BCUT2D eigenvalue weighted by Gasteiger charge is 2.61. The molecule has 2 fully saturated rings. The molecule has 2 aliphatic rings. The van der Waals surface area contributed by atoms with Crippen LogP contribution in [-0.2, 0) is 0 Å². The van der Waals surface area contributed by atoms with E-state index in [9.17, 15) is 0 Å². The number of nitrogens with two attached hydrogens (primary N) is 1. The third-order valence-corrected chi connectivity index (χ3v) is 3.40. The second kappa shape index (κ2) is 1.34. The van der Waals surface area contributed by atoms with Gasteiger partial charge in [0.15, 0.2) is 0 Å². The third kappa shape index (κ3) is 0.586. The van der Waals surface area contributed by atoms with E-state index in [1.807, 2.05) is 0 Å². The predicted octanol–water partition coefficient (Wildman–Crippen LogP) is 1.38. The molecular weight excluding hydrogens is 110 g/mol. The second-order valence-electron chi connectivity index (χ2n) is 4.27. The first-order valence-electron chi connectivity index (χ1n) is 3.88. The van der Waals surface area contributed by atoms with Crippen molar-refractivity contribution in [2.75, 3.05) is 0 Å². The van der Waals surface area contributed by atoms with Gasteiger partial charge >= 0.3 is 0 Å². The van der Waals surface area contributed by atoms with Gasteiger partial charge in [0.25, 0.3) is 0 Å². The first kappa shape index (κ1) is 5.72. The van der Waals surface area contributed by atoms with Gasteiger partial charge < -0.3 is 5.73 Å². The highest BCUT2D eigenvalue weighted by molar-refractivity contribution is 5.11. The van der Waals surface area contributed by atoms with Gasteiger partial charge in [-0.15, -0.1) is 0 Å². The number of fused-ring (bicyclic) bond motifs is 1. The van der Waals surface area contributed by atoms with Crippen LogP contribution in [0, 0.1) is 17.3 Å². The van der Waals surface area contributed by atoms with Crippen LogP contribution in [0.4, 0.5) is 0 Å².